The number of aliphatic imine (C=N–C) groups is 1. The van der Waals surface area contributed by atoms with Gasteiger partial charge >= 0.3 is 0 Å². The molecule has 1 aromatic carbocycles. The van der Waals surface area contributed by atoms with Crippen LogP contribution >= 0.6 is 34.4 Å². The second-order valence-corrected chi connectivity index (χ2v) is 7.01. The maximum atomic E-state index is 15.1. The summed E-state index contributed by atoms with van der Waals surface area (Å²) in [6, 6.07) is 5.64. The summed E-state index contributed by atoms with van der Waals surface area (Å²) < 4.78 is 16.1. The van der Waals surface area contributed by atoms with E-state index in [1.54, 1.807) is 14.1 Å². The predicted octanol–water partition coefficient (Wildman–Crippen LogP) is 2.32. The van der Waals surface area contributed by atoms with Crippen molar-refractivity contribution in [2.75, 3.05) is 14.1 Å². The lowest BCUT2D eigenvalue weighted by Crippen LogP contribution is -2.48. The molecule has 1 N–H and O–H groups in total. The quantitative estimate of drug-likeness (QED) is 0.704. The molecule has 3 nitrogen and oxygen atoms in total. The molecule has 1 fully saturated rings. The number of hydrogen-bond donors (Lipinski definition) is 1. The molecule has 1 aromatic rings. The zero-order valence-electron chi connectivity index (χ0n) is 9.94. The third kappa shape index (κ3) is 1.36. The lowest BCUT2D eigenvalue weighted by atomic mass is 10.0. The number of fused-ring (bicyclic) bond motifs is 3. The van der Waals surface area contributed by atoms with Crippen molar-refractivity contribution in [2.45, 2.75) is 17.1 Å². The van der Waals surface area contributed by atoms with Gasteiger partial charge in [-0.1, -0.05) is 6.07 Å². The van der Waals surface area contributed by atoms with Gasteiger partial charge in [0.2, 0.25) is 10.7 Å². The monoisotopic (exact) mass is 378 g/mol. The van der Waals surface area contributed by atoms with Crippen molar-refractivity contribution < 1.29 is 9.50 Å². The summed E-state index contributed by atoms with van der Waals surface area (Å²) in [5.74, 6) is 0. The van der Waals surface area contributed by atoms with Crippen LogP contribution in [0.1, 0.15) is 11.1 Å². The first-order valence-corrected chi connectivity index (χ1v) is 7.42. The molecule has 6 heteroatoms. The minimum atomic E-state index is -1.75. The first kappa shape index (κ1) is 12.7. The van der Waals surface area contributed by atoms with Gasteiger partial charge in [-0.05, 0) is 52.0 Å². The number of aliphatic hydroxyl groups is 1. The van der Waals surface area contributed by atoms with Gasteiger partial charge in [-0.2, -0.15) is 0 Å². The average Bonchev–Trinajstić information content (AvgIpc) is 2.65. The summed E-state index contributed by atoms with van der Waals surface area (Å²) in [5, 5.41) is 9.64. The van der Waals surface area contributed by atoms with Crippen molar-refractivity contribution in [2.24, 2.45) is 4.99 Å². The van der Waals surface area contributed by atoms with E-state index in [2.05, 4.69) is 27.6 Å². The van der Waals surface area contributed by atoms with Crippen molar-refractivity contribution in [3.8, 4) is 0 Å². The Bertz CT molecular complexity index is 567. The van der Waals surface area contributed by atoms with Crippen molar-refractivity contribution in [1.29, 1.82) is 0 Å². The standard InChI is InChI=1S/C12H12FIN2OS/c1-15-10-16(2)12(17)9-4-3-8(14)5-7(9)6-11(12,13)18-10/h3-5,17H,6H2,1-2H3. The van der Waals surface area contributed by atoms with E-state index in [4.69, 9.17) is 0 Å². The van der Waals surface area contributed by atoms with E-state index in [1.165, 1.54) is 4.90 Å². The molecule has 1 saturated heterocycles. The van der Waals surface area contributed by atoms with Gasteiger partial charge in [0.05, 0.1) is 0 Å². The second-order valence-electron chi connectivity index (χ2n) is 4.55. The predicted molar refractivity (Wildman–Crippen MR) is 79.3 cm³/mol. The summed E-state index contributed by atoms with van der Waals surface area (Å²) in [5.41, 5.74) is -0.0768. The van der Waals surface area contributed by atoms with Crippen molar-refractivity contribution >= 4 is 39.5 Å². The van der Waals surface area contributed by atoms with E-state index < -0.39 is 10.7 Å². The number of amidine groups is 1. The molecule has 0 aromatic heterocycles. The minimum absolute atomic E-state index is 0.212. The average molecular weight is 378 g/mol. The molecule has 2 atom stereocenters. The molecule has 1 aliphatic carbocycles. The molecule has 0 bridgehead atoms. The molecule has 2 unspecified atom stereocenters. The van der Waals surface area contributed by atoms with E-state index in [9.17, 15) is 5.11 Å². The van der Waals surface area contributed by atoms with Gasteiger partial charge in [0.1, 0.15) is 0 Å². The highest BCUT2D eigenvalue weighted by atomic mass is 127. The van der Waals surface area contributed by atoms with Gasteiger partial charge < -0.3 is 10.0 Å². The fourth-order valence-corrected chi connectivity index (χ4v) is 4.53. The normalized spacial score (nSPS) is 36.1. The van der Waals surface area contributed by atoms with Crippen LogP contribution in [0.5, 0.6) is 0 Å². The maximum absolute atomic E-state index is 15.1. The SMILES string of the molecule is CN=C1SC2(F)Cc3cc(I)ccc3C2(O)N1C. The Morgan fingerprint density at radius 1 is 1.56 bits per heavy atom. The van der Waals surface area contributed by atoms with Crippen molar-refractivity contribution in [3.63, 3.8) is 0 Å². The third-order valence-corrected chi connectivity index (χ3v) is 5.66. The van der Waals surface area contributed by atoms with Crippen LogP contribution in [-0.4, -0.2) is 34.3 Å². The van der Waals surface area contributed by atoms with E-state index >= 15 is 4.39 Å². The topological polar surface area (TPSA) is 35.8 Å². The summed E-state index contributed by atoms with van der Waals surface area (Å²) >= 11 is 3.21. The fourth-order valence-electron chi connectivity index (χ4n) is 2.70. The van der Waals surface area contributed by atoms with Gasteiger partial charge in [0.15, 0.2) is 5.17 Å². The summed E-state index contributed by atoms with van der Waals surface area (Å²) in [7, 11) is 3.30. The Labute approximate surface area is 123 Å². The van der Waals surface area contributed by atoms with E-state index in [1.807, 2.05) is 18.2 Å². The maximum Gasteiger partial charge on any atom is 0.219 e. The van der Waals surface area contributed by atoms with Crippen LogP contribution in [0.3, 0.4) is 0 Å². The summed E-state index contributed by atoms with van der Waals surface area (Å²) in [4.78, 5) is 5.57. The van der Waals surface area contributed by atoms with Crippen LogP contribution in [0.4, 0.5) is 4.39 Å². The van der Waals surface area contributed by atoms with Crippen LogP contribution in [0.15, 0.2) is 23.2 Å². The lowest BCUT2D eigenvalue weighted by molar-refractivity contribution is -0.120. The summed E-state index contributed by atoms with van der Waals surface area (Å²) in [6.07, 6.45) is 0.212. The molecule has 1 heterocycles. The molecule has 0 radical (unpaired) electrons. The zero-order valence-corrected chi connectivity index (χ0v) is 12.9. The number of halogens is 2. The van der Waals surface area contributed by atoms with Crippen LogP contribution in [0.25, 0.3) is 0 Å². The van der Waals surface area contributed by atoms with Gasteiger partial charge in [-0.25, -0.2) is 4.39 Å². The number of alkyl halides is 1. The number of benzene rings is 1. The molecular weight excluding hydrogens is 366 g/mol. The molecule has 0 saturated carbocycles. The van der Waals surface area contributed by atoms with Gasteiger partial charge in [0, 0.05) is 29.6 Å². The Balaban J connectivity index is 2.22. The van der Waals surface area contributed by atoms with Gasteiger partial charge in [-0.15, -0.1) is 0 Å². The highest BCUT2D eigenvalue weighted by Crippen LogP contribution is 2.59. The largest absolute Gasteiger partial charge is 0.363 e. The van der Waals surface area contributed by atoms with Crippen molar-refractivity contribution in [3.05, 3.63) is 32.9 Å². The van der Waals surface area contributed by atoms with E-state index in [0.29, 0.717) is 10.7 Å². The smallest absolute Gasteiger partial charge is 0.219 e. The molecule has 96 valence electrons. The molecule has 3 rings (SSSR count). The summed E-state index contributed by atoms with van der Waals surface area (Å²) in [6.45, 7) is 0. The van der Waals surface area contributed by atoms with Crippen LogP contribution in [-0.2, 0) is 12.1 Å². The lowest BCUT2D eigenvalue weighted by Gasteiger charge is -2.33. The van der Waals surface area contributed by atoms with Gasteiger partial charge in [0.25, 0.3) is 0 Å². The minimum Gasteiger partial charge on any atom is -0.363 e. The van der Waals surface area contributed by atoms with Crippen LogP contribution < -0.4 is 0 Å². The van der Waals surface area contributed by atoms with Crippen molar-refractivity contribution in [1.82, 2.24) is 4.90 Å². The molecule has 0 amide bonds. The fraction of sp³-hybridized carbons (Fsp3) is 0.417. The van der Waals surface area contributed by atoms with Crippen LogP contribution in [0.2, 0.25) is 0 Å². The zero-order chi connectivity index (χ0) is 13.1. The number of nitrogens with zero attached hydrogens (tertiary/aromatic N) is 2. The number of thioether (sulfide) groups is 1. The highest BCUT2D eigenvalue weighted by Gasteiger charge is 2.67. The number of rotatable bonds is 0. The first-order valence-electron chi connectivity index (χ1n) is 5.52. The van der Waals surface area contributed by atoms with E-state index in [0.717, 1.165) is 20.9 Å². The molecule has 18 heavy (non-hydrogen) atoms. The molecule has 1 aliphatic heterocycles. The first-order chi connectivity index (χ1) is 8.42. The highest BCUT2D eigenvalue weighted by molar-refractivity contribution is 14.1. The molecule has 0 spiro atoms. The molecule has 2 aliphatic rings. The second kappa shape index (κ2) is 3.83. The Morgan fingerprint density at radius 2 is 2.28 bits per heavy atom. The third-order valence-electron chi connectivity index (χ3n) is 3.60. The van der Waals surface area contributed by atoms with Crippen LogP contribution in [0, 0.1) is 3.57 Å². The number of hydrogen-bond acceptors (Lipinski definition) is 3. The molecular formula is C12H12FIN2OS. The van der Waals surface area contributed by atoms with E-state index in [-0.39, 0.29) is 6.42 Å². The Hall–Kier alpha value is -0.340. The van der Waals surface area contributed by atoms with Gasteiger partial charge in [-0.3, -0.25) is 4.99 Å². The Kier molecular flexibility index (Phi) is 2.70. The Morgan fingerprint density at radius 3 is 2.94 bits per heavy atom.